The molecule has 0 bridgehead atoms. The Morgan fingerprint density at radius 2 is 2.00 bits per heavy atom. The molecule has 0 aliphatic heterocycles. The number of aliphatic hydroxyl groups is 3. The molecule has 0 fully saturated rings. The highest BCUT2D eigenvalue weighted by atomic mass is 16.6. The van der Waals surface area contributed by atoms with Gasteiger partial charge in [0.2, 0.25) is 0 Å². The lowest BCUT2D eigenvalue weighted by Crippen LogP contribution is -2.44. The van der Waals surface area contributed by atoms with Crippen LogP contribution in [0, 0.1) is 0 Å². The van der Waals surface area contributed by atoms with Crippen LogP contribution in [-0.4, -0.2) is 39.3 Å². The van der Waals surface area contributed by atoms with Crippen molar-refractivity contribution in [2.45, 2.75) is 51.6 Å². The van der Waals surface area contributed by atoms with Crippen LogP contribution in [0.3, 0.4) is 0 Å². The fraction of sp³-hybridized carbons (Fsp3) is 0.889. The summed E-state index contributed by atoms with van der Waals surface area (Å²) in [5.41, 5.74) is -1.42. The van der Waals surface area contributed by atoms with E-state index in [-0.39, 0.29) is 6.42 Å². The summed E-state index contributed by atoms with van der Waals surface area (Å²) in [4.78, 5) is 10.7. The van der Waals surface area contributed by atoms with Gasteiger partial charge in [0.25, 0.3) is 0 Å². The zero-order valence-electron chi connectivity index (χ0n) is 8.73. The first-order valence-electron chi connectivity index (χ1n) is 4.55. The highest BCUT2D eigenvalue weighted by Gasteiger charge is 2.34. The normalized spacial score (nSPS) is 17.6. The van der Waals surface area contributed by atoms with Crippen LogP contribution in [0.1, 0.15) is 33.6 Å². The van der Waals surface area contributed by atoms with Gasteiger partial charge in [0, 0.05) is 13.3 Å². The van der Waals surface area contributed by atoms with Crippen LogP contribution in [0.2, 0.25) is 0 Å². The maximum absolute atomic E-state index is 10.7. The Hall–Kier alpha value is -0.650. The van der Waals surface area contributed by atoms with Crippen molar-refractivity contribution in [2.75, 3.05) is 0 Å². The predicted molar refractivity (Wildman–Crippen MR) is 49.3 cm³/mol. The molecule has 2 atom stereocenters. The van der Waals surface area contributed by atoms with E-state index in [4.69, 9.17) is 14.9 Å². The topological polar surface area (TPSA) is 87.0 Å². The summed E-state index contributed by atoms with van der Waals surface area (Å²) < 4.78 is 4.85. The minimum absolute atomic E-state index is 0.251. The van der Waals surface area contributed by atoms with E-state index in [2.05, 4.69) is 0 Å². The molecule has 0 aliphatic carbocycles. The summed E-state index contributed by atoms with van der Waals surface area (Å²) in [7, 11) is 0. The van der Waals surface area contributed by atoms with Gasteiger partial charge < -0.3 is 20.1 Å². The van der Waals surface area contributed by atoms with Crippen LogP contribution in [0.5, 0.6) is 0 Å². The zero-order chi connectivity index (χ0) is 11.4. The number of esters is 1. The van der Waals surface area contributed by atoms with Gasteiger partial charge >= 0.3 is 5.97 Å². The molecule has 14 heavy (non-hydrogen) atoms. The average Bonchev–Trinajstić information content (AvgIpc) is 1.96. The van der Waals surface area contributed by atoms with E-state index in [0.717, 1.165) is 0 Å². The monoisotopic (exact) mass is 206 g/mol. The van der Waals surface area contributed by atoms with Crippen LogP contribution >= 0.6 is 0 Å². The Labute approximate surface area is 83.3 Å². The van der Waals surface area contributed by atoms with Gasteiger partial charge in [-0.3, -0.25) is 4.79 Å². The molecule has 0 radical (unpaired) electrons. The molecule has 0 aromatic carbocycles. The maximum Gasteiger partial charge on any atom is 0.303 e. The minimum atomic E-state index is -1.62. The molecule has 0 heterocycles. The predicted octanol–water partition coefficient (Wildman–Crippen LogP) is -0.220. The summed E-state index contributed by atoms with van der Waals surface area (Å²) in [6, 6.07) is 0. The van der Waals surface area contributed by atoms with Gasteiger partial charge in [-0.25, -0.2) is 0 Å². The molecule has 0 saturated carbocycles. The third-order valence-electron chi connectivity index (χ3n) is 1.97. The van der Waals surface area contributed by atoms with Gasteiger partial charge in [-0.15, -0.1) is 0 Å². The first kappa shape index (κ1) is 13.4. The Bertz CT molecular complexity index is 188. The smallest absolute Gasteiger partial charge is 0.303 e. The van der Waals surface area contributed by atoms with Gasteiger partial charge in [0.15, 0.2) is 6.29 Å². The molecule has 0 spiro atoms. The second-order valence-electron chi connectivity index (χ2n) is 3.55. The van der Waals surface area contributed by atoms with Crippen molar-refractivity contribution < 1.29 is 24.9 Å². The highest BCUT2D eigenvalue weighted by molar-refractivity contribution is 5.66. The van der Waals surface area contributed by atoms with Crippen molar-refractivity contribution in [2.24, 2.45) is 0 Å². The molecule has 0 amide bonds. The summed E-state index contributed by atoms with van der Waals surface area (Å²) in [5, 5.41) is 27.2. The Kier molecular flexibility index (Phi) is 5.04. The Morgan fingerprint density at radius 3 is 2.29 bits per heavy atom. The van der Waals surface area contributed by atoms with E-state index in [1.54, 1.807) is 6.92 Å². The molecule has 5 nitrogen and oxygen atoms in total. The van der Waals surface area contributed by atoms with E-state index in [1.807, 2.05) is 0 Å². The molecule has 3 N–H and O–H groups in total. The summed E-state index contributed by atoms with van der Waals surface area (Å²) in [6.45, 7) is 4.39. The quantitative estimate of drug-likeness (QED) is 0.427. The number of hydrogen-bond donors (Lipinski definition) is 3. The van der Waals surface area contributed by atoms with E-state index < -0.39 is 24.0 Å². The zero-order valence-corrected chi connectivity index (χ0v) is 8.73. The largest absolute Gasteiger partial charge is 0.460 e. The van der Waals surface area contributed by atoms with Gasteiger partial charge in [-0.2, -0.15) is 0 Å². The molecular weight excluding hydrogens is 188 g/mol. The molecular formula is C9H18O5. The molecule has 0 unspecified atom stereocenters. The first-order valence-corrected chi connectivity index (χ1v) is 4.55. The SMILES string of the molecule is CC[C@H](OC(C)=O)[C@@](C)(O)CC(O)O. The van der Waals surface area contributed by atoms with Crippen molar-refractivity contribution in [1.82, 2.24) is 0 Å². The van der Waals surface area contributed by atoms with Gasteiger partial charge in [-0.05, 0) is 13.3 Å². The van der Waals surface area contributed by atoms with Crippen LogP contribution in [0.15, 0.2) is 0 Å². The van der Waals surface area contributed by atoms with E-state index in [9.17, 15) is 9.90 Å². The highest BCUT2D eigenvalue weighted by Crippen LogP contribution is 2.21. The third-order valence-corrected chi connectivity index (χ3v) is 1.97. The second kappa shape index (κ2) is 5.29. The Balaban J connectivity index is 4.39. The minimum Gasteiger partial charge on any atom is -0.460 e. The van der Waals surface area contributed by atoms with Gasteiger partial charge in [-0.1, -0.05) is 6.92 Å². The molecule has 0 rings (SSSR count). The molecule has 0 saturated heterocycles. The van der Waals surface area contributed by atoms with Gasteiger partial charge in [0.05, 0.1) is 0 Å². The number of carbonyl (C=O) groups excluding carboxylic acids is 1. The number of rotatable bonds is 5. The number of aliphatic hydroxyl groups excluding tert-OH is 1. The van der Waals surface area contributed by atoms with Crippen LogP contribution in [0.4, 0.5) is 0 Å². The third kappa shape index (κ3) is 4.55. The van der Waals surface area contributed by atoms with E-state index >= 15 is 0 Å². The van der Waals surface area contributed by atoms with Crippen molar-refractivity contribution in [1.29, 1.82) is 0 Å². The second-order valence-corrected chi connectivity index (χ2v) is 3.55. The molecule has 0 aromatic rings. The summed E-state index contributed by atoms with van der Waals surface area (Å²) in [6.07, 6.45) is -2.17. The van der Waals surface area contributed by atoms with E-state index in [1.165, 1.54) is 13.8 Å². The molecule has 5 heteroatoms. The molecule has 0 aromatic heterocycles. The van der Waals surface area contributed by atoms with Crippen LogP contribution in [0.25, 0.3) is 0 Å². The van der Waals surface area contributed by atoms with Crippen molar-refractivity contribution >= 4 is 5.97 Å². The standard InChI is InChI=1S/C9H18O5/c1-4-7(14-6(2)10)9(3,13)5-8(11)12/h7-8,11-13H,4-5H2,1-3H3/t7-,9-/m0/s1. The lowest BCUT2D eigenvalue weighted by molar-refractivity contribution is -0.174. The van der Waals surface area contributed by atoms with Crippen molar-refractivity contribution in [3.05, 3.63) is 0 Å². The number of carbonyl (C=O) groups is 1. The van der Waals surface area contributed by atoms with Crippen LogP contribution in [-0.2, 0) is 9.53 Å². The number of ether oxygens (including phenoxy) is 1. The lowest BCUT2D eigenvalue weighted by Gasteiger charge is -2.31. The van der Waals surface area contributed by atoms with Crippen molar-refractivity contribution in [3.8, 4) is 0 Å². The fourth-order valence-electron chi connectivity index (χ4n) is 1.35. The number of hydrogen-bond acceptors (Lipinski definition) is 5. The first-order chi connectivity index (χ1) is 6.29. The van der Waals surface area contributed by atoms with Crippen molar-refractivity contribution in [3.63, 3.8) is 0 Å². The summed E-state index contributed by atoms with van der Waals surface area (Å²) >= 11 is 0. The molecule has 84 valence electrons. The fourth-order valence-corrected chi connectivity index (χ4v) is 1.35. The Morgan fingerprint density at radius 1 is 1.50 bits per heavy atom. The lowest BCUT2D eigenvalue weighted by atomic mass is 9.93. The molecule has 0 aliphatic rings. The van der Waals surface area contributed by atoms with Crippen LogP contribution < -0.4 is 0 Å². The van der Waals surface area contributed by atoms with Gasteiger partial charge in [0.1, 0.15) is 11.7 Å². The average molecular weight is 206 g/mol. The van der Waals surface area contributed by atoms with E-state index in [0.29, 0.717) is 6.42 Å². The maximum atomic E-state index is 10.7. The summed E-state index contributed by atoms with van der Waals surface area (Å²) in [5.74, 6) is -0.496.